The third kappa shape index (κ3) is 6.74. The van der Waals surface area contributed by atoms with Crippen LogP contribution in [0.15, 0.2) is 24.3 Å². The number of aliphatic hydroxyl groups is 1. The van der Waals surface area contributed by atoms with Crippen molar-refractivity contribution in [3.05, 3.63) is 35.4 Å². The van der Waals surface area contributed by atoms with E-state index in [9.17, 15) is 5.11 Å². The van der Waals surface area contributed by atoms with Crippen LogP contribution in [0.3, 0.4) is 0 Å². The maximum atomic E-state index is 10.0. The topological polar surface area (TPSA) is 23.5 Å². The van der Waals surface area contributed by atoms with Crippen LogP contribution in [-0.4, -0.2) is 29.2 Å². The van der Waals surface area contributed by atoms with Gasteiger partial charge in [0.2, 0.25) is 0 Å². The second kappa shape index (κ2) is 8.34. The van der Waals surface area contributed by atoms with Crippen LogP contribution < -0.4 is 0 Å². The van der Waals surface area contributed by atoms with Gasteiger partial charge >= 0.3 is 0 Å². The quantitative estimate of drug-likeness (QED) is 0.774. The van der Waals surface area contributed by atoms with E-state index < -0.39 is 0 Å². The van der Waals surface area contributed by atoms with Crippen LogP contribution in [0.25, 0.3) is 0 Å². The Labute approximate surface area is 118 Å². The van der Waals surface area contributed by atoms with Gasteiger partial charge in [-0.25, -0.2) is 0 Å². The highest BCUT2D eigenvalue weighted by atomic mass is 16.3. The van der Waals surface area contributed by atoms with Gasteiger partial charge in [-0.3, -0.25) is 4.90 Å². The molecule has 0 radical (unpaired) electrons. The molecule has 19 heavy (non-hydrogen) atoms. The third-order valence-corrected chi connectivity index (χ3v) is 3.20. The van der Waals surface area contributed by atoms with Gasteiger partial charge in [-0.1, -0.05) is 57.0 Å². The Morgan fingerprint density at radius 1 is 1.21 bits per heavy atom. The zero-order chi connectivity index (χ0) is 14.3. The molecule has 0 saturated heterocycles. The normalized spacial score (nSPS) is 13.2. The molecule has 1 aromatic carbocycles. The lowest BCUT2D eigenvalue weighted by Crippen LogP contribution is -2.34. The highest BCUT2D eigenvalue weighted by molar-refractivity contribution is 5.22. The number of hydrogen-bond donors (Lipinski definition) is 1. The Morgan fingerprint density at radius 3 is 2.53 bits per heavy atom. The van der Waals surface area contributed by atoms with Gasteiger partial charge in [0.05, 0.1) is 6.10 Å². The van der Waals surface area contributed by atoms with Gasteiger partial charge in [-0.2, -0.15) is 0 Å². The predicted molar refractivity (Wildman–Crippen MR) is 82.2 cm³/mol. The van der Waals surface area contributed by atoms with Gasteiger partial charge in [0.25, 0.3) is 0 Å². The molecule has 0 bridgehead atoms. The van der Waals surface area contributed by atoms with E-state index in [-0.39, 0.29) is 6.10 Å². The molecule has 0 aliphatic carbocycles. The SMILES string of the molecule is CCC[C@@H](O)CN(Cc1cccc(C)c1)CC(C)C. The fourth-order valence-electron chi connectivity index (χ4n) is 2.51. The van der Waals surface area contributed by atoms with Gasteiger partial charge in [0, 0.05) is 19.6 Å². The second-order valence-corrected chi connectivity index (χ2v) is 6.02. The fourth-order valence-corrected chi connectivity index (χ4v) is 2.51. The lowest BCUT2D eigenvalue weighted by Gasteiger charge is -2.27. The Morgan fingerprint density at radius 2 is 1.95 bits per heavy atom. The molecule has 1 rings (SSSR count). The summed E-state index contributed by atoms with van der Waals surface area (Å²) in [5, 5.41) is 10.0. The zero-order valence-corrected chi connectivity index (χ0v) is 12.9. The molecule has 0 fully saturated rings. The first-order valence-electron chi connectivity index (χ1n) is 7.47. The first-order chi connectivity index (χ1) is 9.01. The average molecular weight is 263 g/mol. The second-order valence-electron chi connectivity index (χ2n) is 6.02. The van der Waals surface area contributed by atoms with E-state index in [4.69, 9.17) is 0 Å². The van der Waals surface area contributed by atoms with Gasteiger partial charge in [-0.15, -0.1) is 0 Å². The van der Waals surface area contributed by atoms with E-state index in [1.807, 2.05) is 0 Å². The first-order valence-corrected chi connectivity index (χ1v) is 7.47. The largest absolute Gasteiger partial charge is 0.392 e. The van der Waals surface area contributed by atoms with Crippen LogP contribution in [0.1, 0.15) is 44.7 Å². The van der Waals surface area contributed by atoms with Crippen molar-refractivity contribution in [2.24, 2.45) is 5.92 Å². The van der Waals surface area contributed by atoms with Crippen molar-refractivity contribution >= 4 is 0 Å². The molecule has 0 aromatic heterocycles. The maximum absolute atomic E-state index is 10.0. The first kappa shape index (κ1) is 16.2. The minimum Gasteiger partial charge on any atom is -0.392 e. The molecular formula is C17H29NO. The van der Waals surface area contributed by atoms with Crippen molar-refractivity contribution in [2.75, 3.05) is 13.1 Å². The van der Waals surface area contributed by atoms with Crippen molar-refractivity contribution in [2.45, 2.75) is 53.2 Å². The summed E-state index contributed by atoms with van der Waals surface area (Å²) in [6, 6.07) is 8.65. The van der Waals surface area contributed by atoms with Gasteiger partial charge < -0.3 is 5.11 Å². The zero-order valence-electron chi connectivity index (χ0n) is 12.9. The van der Waals surface area contributed by atoms with Gasteiger partial charge in [0.1, 0.15) is 0 Å². The summed E-state index contributed by atoms with van der Waals surface area (Å²) in [7, 11) is 0. The molecule has 0 aliphatic rings. The minimum atomic E-state index is -0.200. The van der Waals surface area contributed by atoms with Crippen molar-refractivity contribution in [1.82, 2.24) is 4.90 Å². The van der Waals surface area contributed by atoms with Gasteiger partial charge in [0.15, 0.2) is 0 Å². The van der Waals surface area contributed by atoms with Crippen LogP contribution in [-0.2, 0) is 6.54 Å². The molecule has 108 valence electrons. The summed E-state index contributed by atoms with van der Waals surface area (Å²) in [5.41, 5.74) is 2.64. The van der Waals surface area contributed by atoms with E-state index in [1.54, 1.807) is 0 Å². The Kier molecular flexibility index (Phi) is 7.11. The molecule has 2 heteroatoms. The number of benzene rings is 1. The molecule has 0 saturated carbocycles. The number of aliphatic hydroxyl groups excluding tert-OH is 1. The Balaban J connectivity index is 2.63. The highest BCUT2D eigenvalue weighted by Crippen LogP contribution is 2.11. The van der Waals surface area contributed by atoms with Crippen LogP contribution in [0.4, 0.5) is 0 Å². The van der Waals surface area contributed by atoms with E-state index in [2.05, 4.69) is 56.9 Å². The summed E-state index contributed by atoms with van der Waals surface area (Å²) in [6.45, 7) is 11.5. The van der Waals surface area contributed by atoms with E-state index in [0.29, 0.717) is 5.92 Å². The van der Waals surface area contributed by atoms with Crippen LogP contribution >= 0.6 is 0 Å². The smallest absolute Gasteiger partial charge is 0.0667 e. The van der Waals surface area contributed by atoms with E-state index in [1.165, 1.54) is 11.1 Å². The molecule has 0 spiro atoms. The fraction of sp³-hybridized carbons (Fsp3) is 0.647. The van der Waals surface area contributed by atoms with Crippen molar-refractivity contribution < 1.29 is 5.11 Å². The van der Waals surface area contributed by atoms with Gasteiger partial charge in [-0.05, 0) is 24.8 Å². The molecule has 0 amide bonds. The maximum Gasteiger partial charge on any atom is 0.0667 e. The van der Waals surface area contributed by atoms with Crippen molar-refractivity contribution in [1.29, 1.82) is 0 Å². The van der Waals surface area contributed by atoms with Crippen molar-refractivity contribution in [3.63, 3.8) is 0 Å². The number of rotatable bonds is 8. The molecule has 1 atom stereocenters. The third-order valence-electron chi connectivity index (χ3n) is 3.20. The average Bonchev–Trinajstić information content (AvgIpc) is 2.27. The van der Waals surface area contributed by atoms with E-state index in [0.717, 1.165) is 32.5 Å². The van der Waals surface area contributed by atoms with Crippen LogP contribution in [0, 0.1) is 12.8 Å². The molecule has 0 heterocycles. The Bertz CT molecular complexity index is 362. The summed E-state index contributed by atoms with van der Waals surface area (Å²) in [4.78, 5) is 2.37. The summed E-state index contributed by atoms with van der Waals surface area (Å²) in [5.74, 6) is 0.624. The lowest BCUT2D eigenvalue weighted by molar-refractivity contribution is 0.0944. The van der Waals surface area contributed by atoms with Crippen molar-refractivity contribution in [3.8, 4) is 0 Å². The Hall–Kier alpha value is -0.860. The molecule has 0 unspecified atom stereocenters. The summed E-state index contributed by atoms with van der Waals surface area (Å²) < 4.78 is 0. The number of aryl methyl sites for hydroxylation is 1. The molecule has 1 aromatic rings. The number of hydrogen-bond acceptors (Lipinski definition) is 2. The standard InChI is InChI=1S/C17H29NO/c1-5-7-17(19)13-18(11-14(2)3)12-16-9-6-8-15(4)10-16/h6,8-10,14,17,19H,5,7,11-13H2,1-4H3/t17-/m1/s1. The summed E-state index contributed by atoms with van der Waals surface area (Å²) in [6.07, 6.45) is 1.73. The van der Waals surface area contributed by atoms with Crippen LogP contribution in [0.2, 0.25) is 0 Å². The summed E-state index contributed by atoms with van der Waals surface area (Å²) >= 11 is 0. The molecule has 2 nitrogen and oxygen atoms in total. The van der Waals surface area contributed by atoms with Crippen LogP contribution in [0.5, 0.6) is 0 Å². The molecular weight excluding hydrogens is 234 g/mol. The molecule has 0 aliphatic heterocycles. The lowest BCUT2D eigenvalue weighted by atomic mass is 10.1. The minimum absolute atomic E-state index is 0.200. The molecule has 1 N–H and O–H groups in total. The monoisotopic (exact) mass is 263 g/mol. The predicted octanol–water partition coefficient (Wildman–Crippen LogP) is 3.61. The number of nitrogens with zero attached hydrogens (tertiary/aromatic N) is 1. The van der Waals surface area contributed by atoms with E-state index >= 15 is 0 Å². The highest BCUT2D eigenvalue weighted by Gasteiger charge is 2.13.